The molecule has 0 spiro atoms. The highest BCUT2D eigenvalue weighted by Crippen LogP contribution is 2.31. The topological polar surface area (TPSA) is 83.8 Å². The molecule has 1 aromatic carbocycles. The number of hydrogen-bond donors (Lipinski definition) is 2. The van der Waals surface area contributed by atoms with Crippen LogP contribution in [0.5, 0.6) is 0 Å². The number of nitrogens with one attached hydrogen (secondary N) is 2. The lowest BCUT2D eigenvalue weighted by Crippen LogP contribution is -2.28. The van der Waals surface area contributed by atoms with Crippen LogP contribution in [-0.2, 0) is 12.6 Å². The molecule has 6 nitrogen and oxygen atoms in total. The van der Waals surface area contributed by atoms with Crippen molar-refractivity contribution in [3.63, 3.8) is 0 Å². The van der Waals surface area contributed by atoms with Gasteiger partial charge in [-0.1, -0.05) is 17.7 Å². The normalized spacial score (nSPS) is 11.6. The third kappa shape index (κ3) is 4.18. The second-order valence-corrected chi connectivity index (χ2v) is 6.09. The number of benzene rings is 1. The van der Waals surface area contributed by atoms with Gasteiger partial charge in [0.2, 0.25) is 5.89 Å². The number of rotatable bonds is 5. The number of aryl methyl sites for hydroxylation is 2. The van der Waals surface area contributed by atoms with Crippen LogP contribution < -0.4 is 5.32 Å². The Morgan fingerprint density at radius 2 is 1.93 bits per heavy atom. The standard InChI is InChI=1S/C18H17F3N4O2/c1-10-3-5-12(6-4-10)17-23-13(9-27-17)7-8-22-16(26)14-11(2)24-25-15(14)18(19,20)21/h3-6,9H,7-8H2,1-2H3,(H,22,26)(H,24,25). The van der Waals surface area contributed by atoms with E-state index >= 15 is 0 Å². The molecule has 0 aliphatic rings. The molecule has 0 atom stereocenters. The van der Waals surface area contributed by atoms with Crippen LogP contribution in [0.25, 0.3) is 11.5 Å². The molecule has 2 heterocycles. The van der Waals surface area contributed by atoms with Crippen LogP contribution in [0.15, 0.2) is 34.9 Å². The Kier molecular flexibility index (Phi) is 5.02. The van der Waals surface area contributed by atoms with Crippen molar-refractivity contribution in [1.29, 1.82) is 0 Å². The Bertz CT molecular complexity index is 942. The third-order valence-corrected chi connectivity index (χ3v) is 3.96. The van der Waals surface area contributed by atoms with Gasteiger partial charge in [-0.25, -0.2) is 4.98 Å². The minimum atomic E-state index is -4.70. The van der Waals surface area contributed by atoms with Crippen LogP contribution in [0.3, 0.4) is 0 Å². The fourth-order valence-electron chi connectivity index (χ4n) is 2.56. The average Bonchev–Trinajstić information content (AvgIpc) is 3.22. The number of amides is 1. The Morgan fingerprint density at radius 3 is 2.59 bits per heavy atom. The molecule has 1 amide bonds. The monoisotopic (exact) mass is 378 g/mol. The van der Waals surface area contributed by atoms with Gasteiger partial charge >= 0.3 is 6.18 Å². The van der Waals surface area contributed by atoms with Crippen LogP contribution >= 0.6 is 0 Å². The number of hydrogen-bond acceptors (Lipinski definition) is 4. The SMILES string of the molecule is Cc1ccc(-c2nc(CCNC(=O)c3c(C(F)(F)F)n[nH]c3C)co2)cc1. The van der Waals surface area contributed by atoms with Gasteiger partial charge in [0, 0.05) is 24.2 Å². The van der Waals surface area contributed by atoms with Gasteiger partial charge in [0.25, 0.3) is 5.91 Å². The summed E-state index contributed by atoms with van der Waals surface area (Å²) in [6.45, 7) is 3.45. The number of nitrogens with zero attached hydrogens (tertiary/aromatic N) is 2. The highest BCUT2D eigenvalue weighted by Gasteiger charge is 2.39. The van der Waals surface area contributed by atoms with Crippen LogP contribution in [0.2, 0.25) is 0 Å². The van der Waals surface area contributed by atoms with Crippen LogP contribution in [-0.4, -0.2) is 27.6 Å². The molecule has 0 radical (unpaired) electrons. The van der Waals surface area contributed by atoms with Gasteiger partial charge in [0.05, 0.1) is 11.3 Å². The number of aromatic amines is 1. The van der Waals surface area contributed by atoms with E-state index in [1.807, 2.05) is 31.2 Å². The molecule has 0 fully saturated rings. The first-order valence-corrected chi connectivity index (χ1v) is 8.17. The molecule has 9 heteroatoms. The predicted molar refractivity (Wildman–Crippen MR) is 91.0 cm³/mol. The Hall–Kier alpha value is -3.10. The summed E-state index contributed by atoms with van der Waals surface area (Å²) in [4.78, 5) is 16.5. The Labute approximate surface area is 152 Å². The zero-order chi connectivity index (χ0) is 19.6. The zero-order valence-corrected chi connectivity index (χ0v) is 14.6. The van der Waals surface area contributed by atoms with Crippen molar-refractivity contribution < 1.29 is 22.4 Å². The predicted octanol–water partition coefficient (Wildman–Crippen LogP) is 3.67. The van der Waals surface area contributed by atoms with Gasteiger partial charge in [0.1, 0.15) is 6.26 Å². The molecule has 0 unspecified atom stereocenters. The second kappa shape index (κ2) is 7.26. The van der Waals surface area contributed by atoms with Gasteiger partial charge in [-0.3, -0.25) is 9.89 Å². The molecular weight excluding hydrogens is 361 g/mol. The first kappa shape index (κ1) is 18.7. The molecule has 0 bridgehead atoms. The number of oxazole rings is 1. The lowest BCUT2D eigenvalue weighted by atomic mass is 10.1. The van der Waals surface area contributed by atoms with Crippen LogP contribution in [0.4, 0.5) is 13.2 Å². The van der Waals surface area contributed by atoms with Crippen molar-refractivity contribution in [2.45, 2.75) is 26.4 Å². The van der Waals surface area contributed by atoms with E-state index in [0.717, 1.165) is 11.1 Å². The van der Waals surface area contributed by atoms with E-state index in [2.05, 4.69) is 20.5 Å². The van der Waals surface area contributed by atoms with Gasteiger partial charge in [-0.2, -0.15) is 18.3 Å². The molecule has 27 heavy (non-hydrogen) atoms. The number of alkyl halides is 3. The number of aromatic nitrogens is 3. The molecule has 0 saturated carbocycles. The first-order valence-electron chi connectivity index (χ1n) is 8.17. The summed E-state index contributed by atoms with van der Waals surface area (Å²) in [5.41, 5.74) is 0.859. The summed E-state index contributed by atoms with van der Waals surface area (Å²) >= 11 is 0. The lowest BCUT2D eigenvalue weighted by Gasteiger charge is -2.07. The van der Waals surface area contributed by atoms with Crippen LogP contribution in [0, 0.1) is 13.8 Å². The summed E-state index contributed by atoms with van der Waals surface area (Å²) < 4.78 is 44.2. The molecule has 0 aliphatic heterocycles. The van der Waals surface area contributed by atoms with E-state index in [1.54, 1.807) is 0 Å². The number of halogens is 3. The summed E-state index contributed by atoms with van der Waals surface area (Å²) in [6, 6.07) is 7.63. The van der Waals surface area contributed by atoms with Crippen molar-refractivity contribution in [2.75, 3.05) is 6.54 Å². The summed E-state index contributed by atoms with van der Waals surface area (Å²) in [5, 5.41) is 7.84. The first-order chi connectivity index (χ1) is 12.8. The largest absolute Gasteiger partial charge is 0.444 e. The summed E-state index contributed by atoms with van der Waals surface area (Å²) in [7, 11) is 0. The maximum absolute atomic E-state index is 12.9. The van der Waals surface area contributed by atoms with Crippen LogP contribution in [0.1, 0.15) is 33.0 Å². The number of H-pyrrole nitrogens is 1. The molecule has 0 saturated heterocycles. The Morgan fingerprint density at radius 1 is 1.22 bits per heavy atom. The minimum absolute atomic E-state index is 0.0583. The van der Waals surface area contributed by atoms with Crippen molar-refractivity contribution in [2.24, 2.45) is 0 Å². The quantitative estimate of drug-likeness (QED) is 0.710. The molecule has 3 rings (SSSR count). The van der Waals surface area contributed by atoms with Crippen molar-refractivity contribution in [3.8, 4) is 11.5 Å². The summed E-state index contributed by atoms with van der Waals surface area (Å²) in [6.07, 6.45) is -2.92. The maximum Gasteiger partial charge on any atom is 0.435 e. The minimum Gasteiger partial charge on any atom is -0.444 e. The van der Waals surface area contributed by atoms with Gasteiger partial charge in [-0.15, -0.1) is 0 Å². The summed E-state index contributed by atoms with van der Waals surface area (Å²) in [5.74, 6) is -0.391. The number of carbonyl (C=O) groups is 1. The van der Waals surface area contributed by atoms with E-state index < -0.39 is 23.3 Å². The molecule has 3 aromatic rings. The van der Waals surface area contributed by atoms with E-state index in [-0.39, 0.29) is 12.2 Å². The third-order valence-electron chi connectivity index (χ3n) is 3.96. The molecular formula is C18H17F3N4O2. The Balaban J connectivity index is 1.62. The van der Waals surface area contributed by atoms with Gasteiger partial charge in [-0.05, 0) is 26.0 Å². The molecule has 0 aliphatic carbocycles. The highest BCUT2D eigenvalue weighted by molar-refractivity contribution is 5.96. The maximum atomic E-state index is 12.9. The van der Waals surface area contributed by atoms with E-state index in [4.69, 9.17) is 4.42 Å². The fraction of sp³-hybridized carbons (Fsp3) is 0.278. The fourth-order valence-corrected chi connectivity index (χ4v) is 2.56. The van der Waals surface area contributed by atoms with Crippen molar-refractivity contribution in [3.05, 3.63) is 58.7 Å². The number of carbonyl (C=O) groups excluding carboxylic acids is 1. The van der Waals surface area contributed by atoms with Crippen molar-refractivity contribution in [1.82, 2.24) is 20.5 Å². The van der Waals surface area contributed by atoms with E-state index in [1.165, 1.54) is 13.2 Å². The smallest absolute Gasteiger partial charge is 0.435 e. The highest BCUT2D eigenvalue weighted by atomic mass is 19.4. The molecule has 2 aromatic heterocycles. The second-order valence-electron chi connectivity index (χ2n) is 6.09. The van der Waals surface area contributed by atoms with E-state index in [0.29, 0.717) is 18.0 Å². The molecule has 142 valence electrons. The average molecular weight is 378 g/mol. The lowest BCUT2D eigenvalue weighted by molar-refractivity contribution is -0.141. The van der Waals surface area contributed by atoms with Gasteiger partial charge < -0.3 is 9.73 Å². The zero-order valence-electron chi connectivity index (χ0n) is 14.6. The van der Waals surface area contributed by atoms with Gasteiger partial charge in [0.15, 0.2) is 5.69 Å². The molecule has 2 N–H and O–H groups in total. The van der Waals surface area contributed by atoms with Crippen molar-refractivity contribution >= 4 is 5.91 Å². The van der Waals surface area contributed by atoms with E-state index in [9.17, 15) is 18.0 Å².